The molecule has 0 radical (unpaired) electrons. The van der Waals surface area contributed by atoms with Gasteiger partial charge < -0.3 is 9.72 Å². The standard InChI is InChI=1S/C19H14FN3O/c1-24-18-5-3-2-4-15(18)17-11-23-19-16(17)7-13(9-22-19)12-6-14(20)10-21-8-12/h2-11H,1H3,(H,22,23). The number of aromatic amines is 1. The van der Waals surface area contributed by atoms with Gasteiger partial charge in [0, 0.05) is 46.2 Å². The Bertz CT molecular complexity index is 1030. The molecule has 3 heterocycles. The summed E-state index contributed by atoms with van der Waals surface area (Å²) in [4.78, 5) is 11.5. The van der Waals surface area contributed by atoms with E-state index in [4.69, 9.17) is 4.74 Å². The van der Waals surface area contributed by atoms with Crippen LogP contribution in [0, 0.1) is 5.82 Å². The van der Waals surface area contributed by atoms with Crippen molar-refractivity contribution in [2.45, 2.75) is 0 Å². The number of nitrogens with zero attached hydrogens (tertiary/aromatic N) is 2. The molecule has 0 amide bonds. The maximum Gasteiger partial charge on any atom is 0.142 e. The zero-order chi connectivity index (χ0) is 16.5. The number of halogens is 1. The molecule has 0 fully saturated rings. The van der Waals surface area contributed by atoms with Crippen LogP contribution in [0.4, 0.5) is 4.39 Å². The number of methoxy groups -OCH3 is 1. The second-order valence-corrected chi connectivity index (χ2v) is 5.41. The van der Waals surface area contributed by atoms with Gasteiger partial charge in [-0.3, -0.25) is 4.98 Å². The number of hydrogen-bond donors (Lipinski definition) is 1. The third-order valence-electron chi connectivity index (χ3n) is 3.97. The molecule has 0 aliphatic carbocycles. The van der Waals surface area contributed by atoms with Crippen LogP contribution in [-0.4, -0.2) is 22.1 Å². The van der Waals surface area contributed by atoms with Crippen molar-refractivity contribution in [3.05, 3.63) is 67.0 Å². The van der Waals surface area contributed by atoms with E-state index in [2.05, 4.69) is 15.0 Å². The van der Waals surface area contributed by atoms with Gasteiger partial charge in [0.05, 0.1) is 13.3 Å². The van der Waals surface area contributed by atoms with Gasteiger partial charge in [0.1, 0.15) is 17.2 Å². The number of para-hydroxylation sites is 1. The smallest absolute Gasteiger partial charge is 0.142 e. The molecule has 0 spiro atoms. The molecule has 4 rings (SSSR count). The Labute approximate surface area is 138 Å². The number of nitrogens with one attached hydrogen (secondary N) is 1. The number of ether oxygens (including phenoxy) is 1. The van der Waals surface area contributed by atoms with Crippen molar-refractivity contribution < 1.29 is 9.13 Å². The lowest BCUT2D eigenvalue weighted by molar-refractivity contribution is 0.416. The minimum atomic E-state index is -0.369. The van der Waals surface area contributed by atoms with E-state index in [1.54, 1.807) is 19.5 Å². The second kappa shape index (κ2) is 5.77. The number of rotatable bonds is 3. The third kappa shape index (κ3) is 2.40. The number of hydrogen-bond acceptors (Lipinski definition) is 3. The Morgan fingerprint density at radius 2 is 1.83 bits per heavy atom. The predicted molar refractivity (Wildman–Crippen MR) is 91.3 cm³/mol. The molecule has 0 saturated heterocycles. The van der Waals surface area contributed by atoms with E-state index >= 15 is 0 Å². The van der Waals surface area contributed by atoms with Gasteiger partial charge in [0.15, 0.2) is 0 Å². The summed E-state index contributed by atoms with van der Waals surface area (Å²) in [7, 11) is 1.65. The molecule has 1 aromatic carbocycles. The summed E-state index contributed by atoms with van der Waals surface area (Å²) in [6, 6.07) is 11.2. The van der Waals surface area contributed by atoms with Gasteiger partial charge in [0.2, 0.25) is 0 Å². The summed E-state index contributed by atoms with van der Waals surface area (Å²) in [5, 5.41) is 0.946. The van der Waals surface area contributed by atoms with Crippen molar-refractivity contribution >= 4 is 11.0 Å². The number of aromatic nitrogens is 3. The summed E-state index contributed by atoms with van der Waals surface area (Å²) in [5.74, 6) is 0.419. The van der Waals surface area contributed by atoms with Crippen LogP contribution in [0.25, 0.3) is 33.3 Å². The fourth-order valence-electron chi connectivity index (χ4n) is 2.82. The normalized spacial score (nSPS) is 10.9. The first-order valence-corrected chi connectivity index (χ1v) is 7.47. The Morgan fingerprint density at radius 3 is 2.67 bits per heavy atom. The molecule has 0 unspecified atom stereocenters. The monoisotopic (exact) mass is 319 g/mol. The fraction of sp³-hybridized carbons (Fsp3) is 0.0526. The van der Waals surface area contributed by atoms with Crippen molar-refractivity contribution in [3.63, 3.8) is 0 Å². The van der Waals surface area contributed by atoms with Crippen LogP contribution in [-0.2, 0) is 0 Å². The molecule has 24 heavy (non-hydrogen) atoms. The molecule has 5 heteroatoms. The van der Waals surface area contributed by atoms with E-state index in [1.807, 2.05) is 36.5 Å². The van der Waals surface area contributed by atoms with E-state index in [0.717, 1.165) is 33.5 Å². The summed E-state index contributed by atoms with van der Waals surface area (Å²) >= 11 is 0. The first-order valence-electron chi connectivity index (χ1n) is 7.47. The van der Waals surface area contributed by atoms with Crippen molar-refractivity contribution in [1.82, 2.24) is 15.0 Å². The summed E-state index contributed by atoms with van der Waals surface area (Å²) in [6.45, 7) is 0. The highest BCUT2D eigenvalue weighted by Gasteiger charge is 2.12. The Balaban J connectivity index is 1.91. The zero-order valence-electron chi connectivity index (χ0n) is 13.0. The summed E-state index contributed by atoms with van der Waals surface area (Å²) < 4.78 is 18.9. The van der Waals surface area contributed by atoms with Crippen molar-refractivity contribution in [1.29, 1.82) is 0 Å². The Hall–Kier alpha value is -3.21. The van der Waals surface area contributed by atoms with Crippen LogP contribution in [0.1, 0.15) is 0 Å². The van der Waals surface area contributed by atoms with Crippen molar-refractivity contribution in [3.8, 4) is 28.0 Å². The van der Waals surface area contributed by atoms with Crippen LogP contribution in [0.3, 0.4) is 0 Å². The van der Waals surface area contributed by atoms with Gasteiger partial charge >= 0.3 is 0 Å². The average Bonchev–Trinajstić information content (AvgIpc) is 3.04. The fourth-order valence-corrected chi connectivity index (χ4v) is 2.82. The molecule has 4 nitrogen and oxygen atoms in total. The van der Waals surface area contributed by atoms with Crippen LogP contribution in [0.15, 0.2) is 61.2 Å². The molecule has 4 aromatic rings. The Morgan fingerprint density at radius 1 is 1.00 bits per heavy atom. The lowest BCUT2D eigenvalue weighted by Gasteiger charge is -2.07. The average molecular weight is 319 g/mol. The molecular weight excluding hydrogens is 305 g/mol. The number of benzene rings is 1. The molecule has 0 bridgehead atoms. The van der Waals surface area contributed by atoms with Crippen LogP contribution in [0.2, 0.25) is 0 Å². The highest BCUT2D eigenvalue weighted by atomic mass is 19.1. The van der Waals surface area contributed by atoms with Gasteiger partial charge in [-0.25, -0.2) is 9.37 Å². The van der Waals surface area contributed by atoms with Crippen LogP contribution >= 0.6 is 0 Å². The first kappa shape index (κ1) is 14.4. The quantitative estimate of drug-likeness (QED) is 0.607. The predicted octanol–water partition coefficient (Wildman–Crippen LogP) is 4.44. The van der Waals surface area contributed by atoms with E-state index in [-0.39, 0.29) is 5.82 Å². The van der Waals surface area contributed by atoms with Gasteiger partial charge in [0.25, 0.3) is 0 Å². The molecule has 0 saturated carbocycles. The molecule has 0 aliphatic rings. The third-order valence-corrected chi connectivity index (χ3v) is 3.97. The summed E-state index contributed by atoms with van der Waals surface area (Å²) in [5.41, 5.74) is 4.23. The molecule has 1 N–H and O–H groups in total. The van der Waals surface area contributed by atoms with Gasteiger partial charge in [-0.2, -0.15) is 0 Å². The SMILES string of the molecule is COc1ccccc1-c1c[nH]c2ncc(-c3cncc(F)c3)cc12. The summed E-state index contributed by atoms with van der Waals surface area (Å²) in [6.07, 6.45) is 6.43. The van der Waals surface area contributed by atoms with Crippen LogP contribution < -0.4 is 4.74 Å². The largest absolute Gasteiger partial charge is 0.496 e. The highest BCUT2D eigenvalue weighted by Crippen LogP contribution is 2.35. The maximum atomic E-state index is 13.4. The van der Waals surface area contributed by atoms with Crippen molar-refractivity contribution in [2.24, 2.45) is 0 Å². The topological polar surface area (TPSA) is 50.8 Å². The van der Waals surface area contributed by atoms with Crippen LogP contribution in [0.5, 0.6) is 5.75 Å². The van der Waals surface area contributed by atoms with E-state index in [0.29, 0.717) is 5.56 Å². The molecule has 0 aliphatic heterocycles. The second-order valence-electron chi connectivity index (χ2n) is 5.41. The minimum Gasteiger partial charge on any atom is -0.496 e. The van der Waals surface area contributed by atoms with Gasteiger partial charge in [-0.1, -0.05) is 18.2 Å². The number of pyridine rings is 2. The van der Waals surface area contributed by atoms with Gasteiger partial charge in [-0.15, -0.1) is 0 Å². The number of H-pyrrole nitrogens is 1. The lowest BCUT2D eigenvalue weighted by atomic mass is 10.0. The van der Waals surface area contributed by atoms with Crippen molar-refractivity contribution in [2.75, 3.05) is 7.11 Å². The molecule has 0 atom stereocenters. The maximum absolute atomic E-state index is 13.4. The zero-order valence-corrected chi connectivity index (χ0v) is 13.0. The lowest BCUT2D eigenvalue weighted by Crippen LogP contribution is -1.88. The Kier molecular flexibility index (Phi) is 3.46. The van der Waals surface area contributed by atoms with E-state index in [1.165, 1.54) is 12.3 Å². The van der Waals surface area contributed by atoms with E-state index < -0.39 is 0 Å². The molecule has 3 aromatic heterocycles. The highest BCUT2D eigenvalue weighted by molar-refractivity contribution is 5.97. The first-order chi connectivity index (χ1) is 11.8. The molecular formula is C19H14FN3O. The van der Waals surface area contributed by atoms with E-state index in [9.17, 15) is 4.39 Å². The number of fused-ring (bicyclic) bond motifs is 1. The molecule has 118 valence electrons. The minimum absolute atomic E-state index is 0.369. The van der Waals surface area contributed by atoms with Gasteiger partial charge in [-0.05, 0) is 18.2 Å².